The fourth-order valence-corrected chi connectivity index (χ4v) is 9.98. The van der Waals surface area contributed by atoms with Crippen molar-refractivity contribution >= 4 is 11.9 Å². The quantitative estimate of drug-likeness (QED) is 0.536. The Morgan fingerprint density at radius 3 is 2.32 bits per heavy atom. The van der Waals surface area contributed by atoms with Gasteiger partial charge < -0.3 is 19.7 Å². The van der Waals surface area contributed by atoms with E-state index in [1.807, 2.05) is 6.08 Å². The van der Waals surface area contributed by atoms with E-state index in [0.29, 0.717) is 22.8 Å². The molecule has 5 aliphatic rings. The molecular formula is C28H44O6. The van der Waals surface area contributed by atoms with Gasteiger partial charge in [-0.25, -0.2) is 4.79 Å². The molecule has 0 bridgehead atoms. The van der Waals surface area contributed by atoms with Crippen LogP contribution in [-0.2, 0) is 19.1 Å². The molecule has 5 rings (SSSR count). The van der Waals surface area contributed by atoms with Crippen LogP contribution in [0, 0.1) is 45.3 Å². The molecule has 0 amide bonds. The lowest BCUT2D eigenvalue weighted by molar-refractivity contribution is -0.252. The van der Waals surface area contributed by atoms with Gasteiger partial charge in [0, 0.05) is 25.0 Å². The average Bonchev–Trinajstić information content (AvgIpc) is 3.04. The number of hydrogen-bond donors (Lipinski definition) is 2. The molecular weight excluding hydrogens is 432 g/mol. The van der Waals surface area contributed by atoms with Gasteiger partial charge in [-0.05, 0) is 72.5 Å². The molecule has 1 saturated heterocycles. The minimum Gasteiger partial charge on any atom is -0.462 e. The van der Waals surface area contributed by atoms with Crippen molar-refractivity contribution in [2.75, 3.05) is 7.11 Å². The summed E-state index contributed by atoms with van der Waals surface area (Å²) in [5.74, 6) is 0.196. The SMILES string of the molecule is CC(=O)O[C@H]1C[C@@H]2[C@@]3(C)CCCC(C)(C)[C@@H]3CC[C@@]2(C)[C@@H]2CC=C3C(=O)O[C@@H](O)[C@@H]3[C@@]12C.CO. The van der Waals surface area contributed by atoms with Crippen LogP contribution in [0.25, 0.3) is 0 Å². The molecule has 0 aromatic carbocycles. The number of carbonyl (C=O) groups is 2. The smallest absolute Gasteiger partial charge is 0.336 e. The molecule has 2 N–H and O–H groups in total. The molecule has 0 radical (unpaired) electrons. The summed E-state index contributed by atoms with van der Waals surface area (Å²) in [7, 11) is 1.00. The van der Waals surface area contributed by atoms with Gasteiger partial charge in [0.2, 0.25) is 6.29 Å². The summed E-state index contributed by atoms with van der Waals surface area (Å²) in [6, 6.07) is 0. The molecule has 34 heavy (non-hydrogen) atoms. The van der Waals surface area contributed by atoms with Crippen LogP contribution >= 0.6 is 0 Å². The summed E-state index contributed by atoms with van der Waals surface area (Å²) in [5, 5.41) is 17.8. The van der Waals surface area contributed by atoms with E-state index in [2.05, 4.69) is 34.6 Å². The number of fused-ring (bicyclic) bond motifs is 7. The molecule has 4 aliphatic carbocycles. The van der Waals surface area contributed by atoms with E-state index < -0.39 is 23.6 Å². The lowest BCUT2D eigenvalue weighted by Gasteiger charge is -2.70. The van der Waals surface area contributed by atoms with Gasteiger partial charge in [0.25, 0.3) is 0 Å². The second-order valence-corrected chi connectivity index (χ2v) is 12.9. The largest absolute Gasteiger partial charge is 0.462 e. The number of carbonyl (C=O) groups excluding carboxylic acids is 2. The van der Waals surface area contributed by atoms with Crippen LogP contribution in [0.4, 0.5) is 0 Å². The third-order valence-electron chi connectivity index (χ3n) is 11.2. The predicted octanol–water partition coefficient (Wildman–Crippen LogP) is 4.62. The highest BCUT2D eigenvalue weighted by atomic mass is 16.6. The van der Waals surface area contributed by atoms with Gasteiger partial charge >= 0.3 is 11.9 Å². The second-order valence-electron chi connectivity index (χ2n) is 12.9. The summed E-state index contributed by atoms with van der Waals surface area (Å²) in [6.45, 7) is 13.5. The fraction of sp³-hybridized carbons (Fsp3) is 0.857. The Balaban J connectivity index is 0.00000133. The molecule has 6 heteroatoms. The van der Waals surface area contributed by atoms with Gasteiger partial charge in [-0.3, -0.25) is 4.79 Å². The molecule has 4 fully saturated rings. The van der Waals surface area contributed by atoms with Crippen molar-refractivity contribution in [2.45, 2.75) is 98.9 Å². The zero-order valence-corrected chi connectivity index (χ0v) is 22.0. The lowest BCUT2D eigenvalue weighted by Crippen LogP contribution is -2.67. The molecule has 192 valence electrons. The van der Waals surface area contributed by atoms with Crippen molar-refractivity contribution in [1.82, 2.24) is 0 Å². The van der Waals surface area contributed by atoms with E-state index in [1.165, 1.54) is 32.6 Å². The number of allylic oxidation sites excluding steroid dienone is 1. The minimum atomic E-state index is -1.17. The van der Waals surface area contributed by atoms with Gasteiger partial charge in [0.05, 0.1) is 5.92 Å². The third kappa shape index (κ3) is 3.34. The van der Waals surface area contributed by atoms with Crippen LogP contribution in [0.5, 0.6) is 0 Å². The van der Waals surface area contributed by atoms with Crippen molar-refractivity contribution in [3.05, 3.63) is 11.6 Å². The Kier molecular flexibility index (Phi) is 6.29. The highest BCUT2D eigenvalue weighted by molar-refractivity contribution is 5.91. The third-order valence-corrected chi connectivity index (χ3v) is 11.2. The number of esters is 2. The summed E-state index contributed by atoms with van der Waals surface area (Å²) in [6.07, 6.45) is 8.23. The Bertz CT molecular complexity index is 878. The first kappa shape index (κ1) is 25.7. The van der Waals surface area contributed by atoms with E-state index in [-0.39, 0.29) is 28.8 Å². The summed E-state index contributed by atoms with van der Waals surface area (Å²) < 4.78 is 11.4. The zero-order valence-electron chi connectivity index (χ0n) is 22.0. The van der Waals surface area contributed by atoms with Gasteiger partial charge in [-0.1, -0.05) is 47.1 Å². The van der Waals surface area contributed by atoms with E-state index in [0.717, 1.165) is 26.4 Å². The molecule has 0 aromatic heterocycles. The minimum absolute atomic E-state index is 0.0669. The molecule has 1 heterocycles. The first-order valence-electron chi connectivity index (χ1n) is 13.1. The zero-order chi connectivity index (χ0) is 25.3. The standard InChI is InChI=1S/C27H40O5.CH4O/c1-15(28)31-20-14-19-25(4)12-7-11-24(2,3)17(25)10-13-26(19,5)18-9-8-16-21(27(18,20)6)23(30)32-22(16)29;1-2/h8,17-21,23,30H,7,9-14H2,1-6H3;2H,1H3/t17-,18-,19+,20-,21+,23+,25-,26-,27+;/m0./s1. The van der Waals surface area contributed by atoms with E-state index in [9.17, 15) is 14.7 Å². The van der Waals surface area contributed by atoms with Crippen LogP contribution in [0.2, 0.25) is 0 Å². The van der Waals surface area contributed by atoms with Gasteiger partial charge in [0.15, 0.2) is 0 Å². The van der Waals surface area contributed by atoms with E-state index in [1.54, 1.807) is 0 Å². The lowest BCUT2D eigenvalue weighted by atomic mass is 9.34. The van der Waals surface area contributed by atoms with E-state index in [4.69, 9.17) is 14.6 Å². The second kappa shape index (κ2) is 8.33. The van der Waals surface area contributed by atoms with Crippen molar-refractivity contribution in [3.8, 4) is 0 Å². The maximum atomic E-state index is 12.5. The van der Waals surface area contributed by atoms with Gasteiger partial charge in [-0.2, -0.15) is 0 Å². The number of rotatable bonds is 1. The molecule has 3 saturated carbocycles. The van der Waals surface area contributed by atoms with Crippen LogP contribution in [0.15, 0.2) is 11.6 Å². The van der Waals surface area contributed by atoms with Crippen molar-refractivity contribution in [1.29, 1.82) is 0 Å². The van der Waals surface area contributed by atoms with Crippen molar-refractivity contribution in [2.24, 2.45) is 45.3 Å². The number of ether oxygens (including phenoxy) is 2. The van der Waals surface area contributed by atoms with Crippen LogP contribution in [-0.4, -0.2) is 41.7 Å². The predicted molar refractivity (Wildman–Crippen MR) is 128 cm³/mol. The van der Waals surface area contributed by atoms with Crippen LogP contribution in [0.1, 0.15) is 86.5 Å². The summed E-state index contributed by atoms with van der Waals surface area (Å²) in [5.41, 5.74) is 0.651. The van der Waals surface area contributed by atoms with Gasteiger partial charge in [0.1, 0.15) is 6.10 Å². The fourth-order valence-electron chi connectivity index (χ4n) is 9.98. The monoisotopic (exact) mass is 476 g/mol. The highest BCUT2D eigenvalue weighted by Gasteiger charge is 2.71. The Morgan fingerprint density at radius 2 is 1.68 bits per heavy atom. The highest BCUT2D eigenvalue weighted by Crippen LogP contribution is 2.73. The number of aliphatic hydroxyl groups is 2. The molecule has 6 nitrogen and oxygen atoms in total. The Morgan fingerprint density at radius 1 is 1.03 bits per heavy atom. The Labute approximate surface area is 204 Å². The normalized spacial score (nSPS) is 48.5. The number of hydrogen-bond acceptors (Lipinski definition) is 6. The van der Waals surface area contributed by atoms with Crippen LogP contribution in [0.3, 0.4) is 0 Å². The average molecular weight is 477 g/mol. The Hall–Kier alpha value is -1.40. The van der Waals surface area contributed by atoms with Crippen LogP contribution < -0.4 is 0 Å². The van der Waals surface area contributed by atoms with Gasteiger partial charge in [-0.15, -0.1) is 0 Å². The molecule has 1 aliphatic heterocycles. The first-order chi connectivity index (χ1) is 15.9. The van der Waals surface area contributed by atoms with Crippen molar-refractivity contribution < 1.29 is 29.3 Å². The number of aliphatic hydroxyl groups excluding tert-OH is 2. The molecule has 0 unspecified atom stereocenters. The molecule has 0 spiro atoms. The summed E-state index contributed by atoms with van der Waals surface area (Å²) >= 11 is 0. The molecule has 0 aromatic rings. The molecule has 9 atom stereocenters. The maximum absolute atomic E-state index is 12.5. The summed E-state index contributed by atoms with van der Waals surface area (Å²) in [4.78, 5) is 24.8. The van der Waals surface area contributed by atoms with E-state index >= 15 is 0 Å². The maximum Gasteiger partial charge on any atom is 0.336 e. The topological polar surface area (TPSA) is 93.1 Å². The number of cyclic esters (lactones) is 1. The van der Waals surface area contributed by atoms with Crippen molar-refractivity contribution in [3.63, 3.8) is 0 Å². The first-order valence-corrected chi connectivity index (χ1v) is 13.1.